The Balaban J connectivity index is 1.63. The fourth-order valence-electron chi connectivity index (χ4n) is 3.12. The maximum Gasteiger partial charge on any atom is 0.238 e. The van der Waals surface area contributed by atoms with Crippen LogP contribution in [0.2, 0.25) is 0 Å². The highest BCUT2D eigenvalue weighted by Crippen LogP contribution is 2.39. The standard InChI is InChI=1S/C15H22N4OS/c1-15(4-2-10-21-15)14(20)19-8-6-18(7-9-19)13-3-5-17-11-12(13)16/h3,5,11H,2,4,6-10,16H2,1H3. The van der Waals surface area contributed by atoms with E-state index in [4.69, 9.17) is 5.73 Å². The van der Waals surface area contributed by atoms with Gasteiger partial charge in [0.25, 0.3) is 0 Å². The zero-order valence-electron chi connectivity index (χ0n) is 12.4. The lowest BCUT2D eigenvalue weighted by Crippen LogP contribution is -2.53. The summed E-state index contributed by atoms with van der Waals surface area (Å²) < 4.78 is -0.197. The van der Waals surface area contributed by atoms with Crippen molar-refractivity contribution in [3.05, 3.63) is 18.5 Å². The number of piperazine rings is 1. The molecule has 1 unspecified atom stereocenters. The smallest absolute Gasteiger partial charge is 0.238 e. The molecular weight excluding hydrogens is 284 g/mol. The molecule has 2 aliphatic heterocycles. The minimum absolute atomic E-state index is 0.197. The van der Waals surface area contributed by atoms with Gasteiger partial charge in [-0.25, -0.2) is 0 Å². The molecule has 0 aliphatic carbocycles. The monoisotopic (exact) mass is 306 g/mol. The summed E-state index contributed by atoms with van der Waals surface area (Å²) in [6, 6.07) is 1.95. The molecule has 1 amide bonds. The highest BCUT2D eigenvalue weighted by Gasteiger charge is 2.40. The van der Waals surface area contributed by atoms with Crippen molar-refractivity contribution in [1.82, 2.24) is 9.88 Å². The lowest BCUT2D eigenvalue weighted by molar-refractivity contribution is -0.133. The average Bonchev–Trinajstić information content (AvgIpc) is 2.95. The van der Waals surface area contributed by atoms with Gasteiger partial charge in [0.15, 0.2) is 0 Å². The van der Waals surface area contributed by atoms with Crippen LogP contribution in [0.5, 0.6) is 0 Å². The van der Waals surface area contributed by atoms with Gasteiger partial charge in [-0.1, -0.05) is 0 Å². The number of hydrogen-bond donors (Lipinski definition) is 1. The summed E-state index contributed by atoms with van der Waals surface area (Å²) >= 11 is 1.81. The third-order valence-corrected chi connectivity index (χ3v) is 5.92. The van der Waals surface area contributed by atoms with E-state index in [-0.39, 0.29) is 4.75 Å². The fourth-order valence-corrected chi connectivity index (χ4v) is 4.40. The van der Waals surface area contributed by atoms with Crippen LogP contribution < -0.4 is 10.6 Å². The van der Waals surface area contributed by atoms with Gasteiger partial charge in [0.1, 0.15) is 0 Å². The van der Waals surface area contributed by atoms with Crippen molar-refractivity contribution in [3.8, 4) is 0 Å². The third kappa shape index (κ3) is 2.81. The minimum Gasteiger partial charge on any atom is -0.396 e. The minimum atomic E-state index is -0.197. The van der Waals surface area contributed by atoms with Crippen molar-refractivity contribution >= 4 is 29.0 Å². The highest BCUT2D eigenvalue weighted by atomic mass is 32.2. The summed E-state index contributed by atoms with van der Waals surface area (Å²) in [5, 5.41) is 0. The number of hydrogen-bond acceptors (Lipinski definition) is 5. The molecule has 1 aromatic heterocycles. The maximum atomic E-state index is 12.7. The second-order valence-electron chi connectivity index (χ2n) is 5.90. The highest BCUT2D eigenvalue weighted by molar-refractivity contribution is 8.01. The van der Waals surface area contributed by atoms with Crippen molar-refractivity contribution in [2.45, 2.75) is 24.5 Å². The Morgan fingerprint density at radius 3 is 2.76 bits per heavy atom. The molecule has 5 nitrogen and oxygen atoms in total. The van der Waals surface area contributed by atoms with Gasteiger partial charge in [0.2, 0.25) is 5.91 Å². The summed E-state index contributed by atoms with van der Waals surface area (Å²) in [5.74, 6) is 1.42. The first kappa shape index (κ1) is 14.5. The number of nitrogens with zero attached hydrogens (tertiary/aromatic N) is 3. The van der Waals surface area contributed by atoms with E-state index in [1.54, 1.807) is 12.4 Å². The Labute approximate surface area is 129 Å². The van der Waals surface area contributed by atoms with Gasteiger partial charge in [0, 0.05) is 32.4 Å². The molecule has 6 heteroatoms. The summed E-state index contributed by atoms with van der Waals surface area (Å²) in [7, 11) is 0. The zero-order valence-corrected chi connectivity index (χ0v) is 13.2. The SMILES string of the molecule is CC1(C(=O)N2CCN(c3ccncc3N)CC2)CCCS1. The number of aromatic nitrogens is 1. The van der Waals surface area contributed by atoms with Crippen molar-refractivity contribution < 1.29 is 4.79 Å². The molecule has 0 aromatic carbocycles. The van der Waals surface area contributed by atoms with E-state index in [0.717, 1.165) is 50.5 Å². The van der Waals surface area contributed by atoms with E-state index in [1.165, 1.54) is 0 Å². The van der Waals surface area contributed by atoms with Gasteiger partial charge in [-0.05, 0) is 31.6 Å². The maximum absolute atomic E-state index is 12.7. The number of thioether (sulfide) groups is 1. The van der Waals surface area contributed by atoms with Crippen molar-refractivity contribution in [3.63, 3.8) is 0 Å². The molecule has 114 valence electrons. The summed E-state index contributed by atoms with van der Waals surface area (Å²) in [6.45, 7) is 5.31. The van der Waals surface area contributed by atoms with Crippen molar-refractivity contribution in [2.75, 3.05) is 42.6 Å². The molecule has 0 spiro atoms. The normalized spacial score (nSPS) is 26.1. The average molecular weight is 306 g/mol. The van der Waals surface area contributed by atoms with E-state index >= 15 is 0 Å². The molecular formula is C15H22N4OS. The fraction of sp³-hybridized carbons (Fsp3) is 0.600. The van der Waals surface area contributed by atoms with Crippen LogP contribution in [0.15, 0.2) is 18.5 Å². The first-order chi connectivity index (χ1) is 10.1. The summed E-state index contributed by atoms with van der Waals surface area (Å²) in [5.41, 5.74) is 7.71. The molecule has 2 N–H and O–H groups in total. The topological polar surface area (TPSA) is 62.5 Å². The second kappa shape index (κ2) is 5.75. The van der Waals surface area contributed by atoms with Gasteiger partial charge in [-0.3, -0.25) is 9.78 Å². The molecule has 3 heterocycles. The van der Waals surface area contributed by atoms with Crippen molar-refractivity contribution in [2.24, 2.45) is 0 Å². The second-order valence-corrected chi connectivity index (χ2v) is 7.49. The van der Waals surface area contributed by atoms with E-state index in [0.29, 0.717) is 11.6 Å². The summed E-state index contributed by atoms with van der Waals surface area (Å²) in [4.78, 5) is 21.0. The number of nitrogens with two attached hydrogens (primary N) is 1. The van der Waals surface area contributed by atoms with E-state index in [1.807, 2.05) is 22.7 Å². The lowest BCUT2D eigenvalue weighted by Gasteiger charge is -2.39. The predicted molar refractivity (Wildman–Crippen MR) is 87.5 cm³/mol. The molecule has 2 aliphatic rings. The number of nitrogen functional groups attached to an aromatic ring is 1. The van der Waals surface area contributed by atoms with Gasteiger partial charge < -0.3 is 15.5 Å². The Bertz CT molecular complexity index is 522. The molecule has 2 saturated heterocycles. The predicted octanol–water partition coefficient (Wildman–Crippen LogP) is 1.60. The van der Waals surface area contributed by atoms with Crippen LogP contribution >= 0.6 is 11.8 Å². The molecule has 3 rings (SSSR count). The van der Waals surface area contributed by atoms with Crippen LogP contribution in [0.4, 0.5) is 11.4 Å². The number of amides is 1. The molecule has 2 fully saturated rings. The number of carbonyl (C=O) groups excluding carboxylic acids is 1. The van der Waals surface area contributed by atoms with Crippen LogP contribution in [0.1, 0.15) is 19.8 Å². The van der Waals surface area contributed by atoms with Crippen molar-refractivity contribution in [1.29, 1.82) is 0 Å². The van der Waals surface area contributed by atoms with Crippen LogP contribution in [0.3, 0.4) is 0 Å². The Kier molecular flexibility index (Phi) is 3.97. The number of rotatable bonds is 2. The molecule has 1 atom stereocenters. The van der Waals surface area contributed by atoms with Gasteiger partial charge in [-0.2, -0.15) is 0 Å². The largest absolute Gasteiger partial charge is 0.396 e. The number of anilines is 2. The Hall–Kier alpha value is -1.43. The quantitative estimate of drug-likeness (QED) is 0.899. The zero-order chi connectivity index (χ0) is 14.9. The van der Waals surface area contributed by atoms with Crippen LogP contribution in [-0.2, 0) is 4.79 Å². The Morgan fingerprint density at radius 2 is 2.14 bits per heavy atom. The lowest BCUT2D eigenvalue weighted by atomic mass is 10.0. The van der Waals surface area contributed by atoms with E-state index in [2.05, 4.69) is 16.8 Å². The van der Waals surface area contributed by atoms with Gasteiger partial charge >= 0.3 is 0 Å². The third-order valence-electron chi connectivity index (χ3n) is 4.41. The van der Waals surface area contributed by atoms with Crippen LogP contribution in [0, 0.1) is 0 Å². The number of carbonyl (C=O) groups is 1. The first-order valence-corrected chi connectivity index (χ1v) is 8.46. The molecule has 1 aromatic rings. The van der Waals surface area contributed by atoms with Crippen LogP contribution in [-0.4, -0.2) is 52.5 Å². The van der Waals surface area contributed by atoms with E-state index in [9.17, 15) is 4.79 Å². The van der Waals surface area contributed by atoms with Crippen LogP contribution in [0.25, 0.3) is 0 Å². The molecule has 0 radical (unpaired) electrons. The first-order valence-electron chi connectivity index (χ1n) is 7.48. The summed E-state index contributed by atoms with van der Waals surface area (Å²) in [6.07, 6.45) is 5.61. The van der Waals surface area contributed by atoms with Gasteiger partial charge in [0.05, 0.1) is 22.3 Å². The van der Waals surface area contributed by atoms with Gasteiger partial charge in [-0.15, -0.1) is 11.8 Å². The molecule has 0 bridgehead atoms. The molecule has 0 saturated carbocycles. The Morgan fingerprint density at radius 1 is 1.38 bits per heavy atom. The molecule has 21 heavy (non-hydrogen) atoms. The number of pyridine rings is 1. The van der Waals surface area contributed by atoms with E-state index < -0.39 is 0 Å².